The van der Waals surface area contributed by atoms with Crippen LogP contribution in [0.2, 0.25) is 5.02 Å². The van der Waals surface area contributed by atoms with Crippen LogP contribution < -0.4 is 9.04 Å². The van der Waals surface area contributed by atoms with E-state index in [-0.39, 0.29) is 23.5 Å². The van der Waals surface area contributed by atoms with E-state index in [0.29, 0.717) is 23.4 Å². The number of sulfonamides is 1. The summed E-state index contributed by atoms with van der Waals surface area (Å²) in [5, 5.41) is -0.0812. The van der Waals surface area contributed by atoms with Gasteiger partial charge < -0.3 is 4.74 Å². The lowest BCUT2D eigenvalue weighted by molar-refractivity contribution is 0.0921. The molecule has 0 amide bonds. The second-order valence-corrected chi connectivity index (χ2v) is 8.51. The number of carbonyl (C=O) groups excluding carboxylic acids is 1. The average molecular weight is 398 g/mol. The molecule has 26 heavy (non-hydrogen) atoms. The van der Waals surface area contributed by atoms with Crippen LogP contribution in [0.5, 0.6) is 5.75 Å². The number of Topliss-reactive ketones (excluding diaryl/α,β-unsaturated/α-hetero) is 1. The first-order valence-electron chi connectivity index (χ1n) is 7.90. The molecule has 1 heterocycles. The largest absolute Gasteiger partial charge is 0.485 e. The minimum absolute atomic E-state index is 0.0812. The highest BCUT2D eigenvalue weighted by Gasteiger charge is 2.32. The van der Waals surface area contributed by atoms with Gasteiger partial charge in [-0.25, -0.2) is 12.8 Å². The van der Waals surface area contributed by atoms with Gasteiger partial charge in [-0.05, 0) is 49.2 Å². The van der Waals surface area contributed by atoms with Crippen LogP contribution in [0.1, 0.15) is 22.8 Å². The Hall–Kier alpha value is -2.12. The molecule has 2 aromatic rings. The van der Waals surface area contributed by atoms with Gasteiger partial charge in [0.25, 0.3) is 0 Å². The number of halogens is 2. The second kappa shape index (κ2) is 6.89. The summed E-state index contributed by atoms with van der Waals surface area (Å²) in [5.74, 6) is -0.532. The van der Waals surface area contributed by atoms with Crippen molar-refractivity contribution in [2.24, 2.45) is 0 Å². The van der Waals surface area contributed by atoms with Crippen molar-refractivity contribution in [2.75, 3.05) is 17.2 Å². The van der Waals surface area contributed by atoms with Gasteiger partial charge >= 0.3 is 0 Å². The molecule has 8 heteroatoms. The van der Waals surface area contributed by atoms with Crippen LogP contribution in [0.25, 0.3) is 0 Å². The van der Waals surface area contributed by atoms with E-state index in [4.69, 9.17) is 16.3 Å². The van der Waals surface area contributed by atoms with Gasteiger partial charge in [-0.2, -0.15) is 0 Å². The first-order chi connectivity index (χ1) is 12.2. The Morgan fingerprint density at radius 1 is 1.31 bits per heavy atom. The van der Waals surface area contributed by atoms with Crippen molar-refractivity contribution in [1.29, 1.82) is 0 Å². The van der Waals surface area contributed by atoms with Crippen LogP contribution in [0.4, 0.5) is 10.1 Å². The fourth-order valence-electron chi connectivity index (χ4n) is 3.08. The fourth-order valence-corrected chi connectivity index (χ4v) is 4.51. The molecular weight excluding hydrogens is 381 g/mol. The van der Waals surface area contributed by atoms with Gasteiger partial charge in [0.2, 0.25) is 10.0 Å². The minimum Gasteiger partial charge on any atom is -0.485 e. The number of benzene rings is 2. The van der Waals surface area contributed by atoms with Crippen LogP contribution in [0.3, 0.4) is 0 Å². The van der Waals surface area contributed by atoms with Gasteiger partial charge in [-0.3, -0.25) is 9.10 Å². The maximum Gasteiger partial charge on any atom is 0.232 e. The summed E-state index contributed by atoms with van der Waals surface area (Å²) in [4.78, 5) is 12.4. The summed E-state index contributed by atoms with van der Waals surface area (Å²) < 4.78 is 43.7. The first-order valence-corrected chi connectivity index (χ1v) is 10.1. The van der Waals surface area contributed by atoms with Gasteiger partial charge in [0.15, 0.2) is 12.4 Å². The van der Waals surface area contributed by atoms with Gasteiger partial charge in [0.05, 0.1) is 17.0 Å². The number of ketones is 1. The third-order valence-corrected chi connectivity index (χ3v) is 5.73. The molecule has 0 aliphatic carbocycles. The highest BCUT2D eigenvalue weighted by Crippen LogP contribution is 2.34. The van der Waals surface area contributed by atoms with Crippen LogP contribution in [0, 0.1) is 5.82 Å². The topological polar surface area (TPSA) is 63.7 Å². The zero-order valence-electron chi connectivity index (χ0n) is 14.2. The SMILES string of the molecule is C[C@H]1Cc2cc(C(=O)COc3ccc(F)c(Cl)c3)ccc2N1S(C)(=O)=O. The van der Waals surface area contributed by atoms with E-state index < -0.39 is 15.8 Å². The van der Waals surface area contributed by atoms with Crippen LogP contribution in [-0.4, -0.2) is 33.1 Å². The molecule has 2 aromatic carbocycles. The number of carbonyl (C=O) groups is 1. The van der Waals surface area contributed by atoms with Crippen molar-refractivity contribution in [2.45, 2.75) is 19.4 Å². The Balaban J connectivity index is 1.75. The lowest BCUT2D eigenvalue weighted by Gasteiger charge is -2.21. The van der Waals surface area contributed by atoms with E-state index in [1.54, 1.807) is 18.2 Å². The minimum atomic E-state index is -3.37. The lowest BCUT2D eigenvalue weighted by Crippen LogP contribution is -2.34. The predicted molar refractivity (Wildman–Crippen MR) is 98.2 cm³/mol. The van der Waals surface area contributed by atoms with Crippen molar-refractivity contribution in [3.05, 3.63) is 58.4 Å². The van der Waals surface area contributed by atoms with Gasteiger partial charge in [-0.1, -0.05) is 11.6 Å². The molecule has 0 fully saturated rings. The average Bonchev–Trinajstić information content (AvgIpc) is 2.90. The van der Waals surface area contributed by atoms with E-state index in [0.717, 1.165) is 5.56 Å². The molecule has 0 saturated heterocycles. The van der Waals surface area contributed by atoms with Gasteiger partial charge in [-0.15, -0.1) is 0 Å². The summed E-state index contributed by atoms with van der Waals surface area (Å²) in [6.45, 7) is 1.59. The Bertz CT molecular complexity index is 977. The molecule has 0 N–H and O–H groups in total. The molecule has 1 atom stereocenters. The Morgan fingerprint density at radius 3 is 2.69 bits per heavy atom. The molecule has 0 unspecified atom stereocenters. The van der Waals surface area contributed by atoms with Gasteiger partial charge in [0, 0.05) is 17.7 Å². The molecule has 0 bridgehead atoms. The van der Waals surface area contributed by atoms with E-state index in [2.05, 4.69) is 0 Å². The van der Waals surface area contributed by atoms with Crippen molar-refractivity contribution in [3.63, 3.8) is 0 Å². The maximum atomic E-state index is 13.1. The van der Waals surface area contributed by atoms with Crippen molar-refractivity contribution >= 4 is 33.1 Å². The van der Waals surface area contributed by atoms with E-state index in [1.165, 1.54) is 28.8 Å². The molecule has 1 aliphatic heterocycles. The Morgan fingerprint density at radius 2 is 2.04 bits per heavy atom. The number of rotatable bonds is 5. The molecule has 3 rings (SSSR count). The standard InChI is InChI=1S/C18H17ClFNO4S/c1-11-7-13-8-12(3-6-17(13)21(11)26(2,23)24)18(22)10-25-14-4-5-16(20)15(19)9-14/h3-6,8-9,11H,7,10H2,1-2H3/t11-/m0/s1. The lowest BCUT2D eigenvalue weighted by atomic mass is 10.0. The monoisotopic (exact) mass is 397 g/mol. The van der Waals surface area contributed by atoms with E-state index >= 15 is 0 Å². The van der Waals surface area contributed by atoms with Crippen LogP contribution >= 0.6 is 11.6 Å². The number of anilines is 1. The summed E-state index contributed by atoms with van der Waals surface area (Å²) >= 11 is 5.68. The summed E-state index contributed by atoms with van der Waals surface area (Å²) in [7, 11) is -3.37. The van der Waals surface area contributed by atoms with E-state index in [9.17, 15) is 17.6 Å². The third kappa shape index (κ3) is 3.68. The third-order valence-electron chi connectivity index (χ3n) is 4.17. The second-order valence-electron chi connectivity index (χ2n) is 6.24. The van der Waals surface area contributed by atoms with Crippen molar-refractivity contribution < 1.29 is 22.3 Å². The Kier molecular flexibility index (Phi) is 4.94. The number of hydrogen-bond donors (Lipinski definition) is 0. The smallest absolute Gasteiger partial charge is 0.232 e. The van der Waals surface area contributed by atoms with Crippen LogP contribution in [0.15, 0.2) is 36.4 Å². The normalized spacial score (nSPS) is 16.5. The van der Waals surface area contributed by atoms with Crippen molar-refractivity contribution in [3.8, 4) is 5.75 Å². The first kappa shape index (κ1) is 18.7. The number of hydrogen-bond acceptors (Lipinski definition) is 4. The zero-order chi connectivity index (χ0) is 19.1. The Labute approximate surface area is 156 Å². The number of fused-ring (bicyclic) bond motifs is 1. The fraction of sp³-hybridized carbons (Fsp3) is 0.278. The quantitative estimate of drug-likeness (QED) is 0.725. The summed E-state index contributed by atoms with van der Waals surface area (Å²) in [6, 6.07) is 8.59. The number of nitrogens with zero attached hydrogens (tertiary/aromatic N) is 1. The number of ether oxygens (including phenoxy) is 1. The van der Waals surface area contributed by atoms with Crippen molar-refractivity contribution in [1.82, 2.24) is 0 Å². The predicted octanol–water partition coefficient (Wildman–Crippen LogP) is 3.45. The molecule has 0 spiro atoms. The van der Waals surface area contributed by atoms with E-state index in [1.807, 2.05) is 6.92 Å². The molecule has 0 saturated carbocycles. The molecule has 0 radical (unpaired) electrons. The molecule has 138 valence electrons. The van der Waals surface area contributed by atoms with Gasteiger partial charge in [0.1, 0.15) is 11.6 Å². The molecule has 5 nitrogen and oxygen atoms in total. The molecule has 1 aliphatic rings. The highest BCUT2D eigenvalue weighted by atomic mass is 35.5. The van der Waals surface area contributed by atoms with Crippen LogP contribution in [-0.2, 0) is 16.4 Å². The zero-order valence-corrected chi connectivity index (χ0v) is 15.8. The maximum absolute atomic E-state index is 13.1. The summed E-state index contributed by atoms with van der Waals surface area (Å²) in [5.41, 5.74) is 1.83. The molecular formula is C18H17ClFNO4S. The summed E-state index contributed by atoms with van der Waals surface area (Å²) in [6.07, 6.45) is 1.71. The highest BCUT2D eigenvalue weighted by molar-refractivity contribution is 7.92. The molecule has 0 aromatic heterocycles.